The van der Waals surface area contributed by atoms with Crippen LogP contribution in [0.4, 0.5) is 4.39 Å². The summed E-state index contributed by atoms with van der Waals surface area (Å²) in [5.41, 5.74) is 2.09. The van der Waals surface area contributed by atoms with Crippen molar-refractivity contribution in [1.82, 2.24) is 10.6 Å². The fraction of sp³-hybridized carbons (Fsp3) is 0.391. The Labute approximate surface area is 165 Å². The number of hydrogen-bond donors (Lipinski definition) is 2. The van der Waals surface area contributed by atoms with E-state index in [1.54, 1.807) is 12.1 Å². The van der Waals surface area contributed by atoms with Crippen molar-refractivity contribution in [3.05, 3.63) is 71.5 Å². The number of benzene rings is 2. The number of nitrogens with one attached hydrogen (secondary N) is 2. The van der Waals surface area contributed by atoms with E-state index in [1.165, 1.54) is 17.7 Å². The molecule has 0 atom stereocenters. The molecule has 0 unspecified atom stereocenters. The summed E-state index contributed by atoms with van der Waals surface area (Å²) in [4.78, 5) is 24.7. The van der Waals surface area contributed by atoms with Gasteiger partial charge in [-0.25, -0.2) is 4.39 Å². The summed E-state index contributed by atoms with van der Waals surface area (Å²) in [5.74, 6) is -0.213. The summed E-state index contributed by atoms with van der Waals surface area (Å²) in [6.45, 7) is 1.04. The van der Waals surface area contributed by atoms with Crippen LogP contribution in [-0.2, 0) is 22.6 Å². The molecule has 0 bridgehead atoms. The molecule has 2 N–H and O–H groups in total. The van der Waals surface area contributed by atoms with Crippen molar-refractivity contribution < 1.29 is 14.0 Å². The van der Waals surface area contributed by atoms with Crippen LogP contribution in [0.1, 0.15) is 36.8 Å². The predicted molar refractivity (Wildman–Crippen MR) is 107 cm³/mol. The van der Waals surface area contributed by atoms with Crippen LogP contribution >= 0.6 is 0 Å². The van der Waals surface area contributed by atoms with Crippen LogP contribution < -0.4 is 10.6 Å². The van der Waals surface area contributed by atoms with E-state index in [4.69, 9.17) is 0 Å². The molecule has 2 aromatic carbocycles. The molecule has 1 fully saturated rings. The number of carbonyl (C=O) groups excluding carboxylic acids is 2. The minimum atomic E-state index is -0.282. The van der Waals surface area contributed by atoms with E-state index in [1.807, 2.05) is 18.2 Å². The van der Waals surface area contributed by atoms with Crippen LogP contribution in [0.3, 0.4) is 0 Å². The Morgan fingerprint density at radius 1 is 0.786 bits per heavy atom. The highest BCUT2D eigenvalue weighted by molar-refractivity contribution is 5.81. The molecule has 0 radical (unpaired) electrons. The number of halogens is 1. The molecular formula is C23H27FN2O2. The highest BCUT2D eigenvalue weighted by atomic mass is 19.1. The Morgan fingerprint density at radius 2 is 1.36 bits per heavy atom. The van der Waals surface area contributed by atoms with Gasteiger partial charge in [-0.1, -0.05) is 42.5 Å². The molecule has 1 aliphatic rings. The summed E-state index contributed by atoms with van der Waals surface area (Å²) in [7, 11) is 0. The molecule has 4 nitrogen and oxygen atoms in total. The van der Waals surface area contributed by atoms with E-state index in [9.17, 15) is 14.0 Å². The average Bonchev–Trinajstić information content (AvgIpc) is 2.74. The van der Waals surface area contributed by atoms with Gasteiger partial charge in [0, 0.05) is 24.9 Å². The molecule has 3 rings (SSSR count). The lowest BCUT2D eigenvalue weighted by atomic mass is 9.81. The zero-order valence-corrected chi connectivity index (χ0v) is 16.0. The Kier molecular flexibility index (Phi) is 7.18. The monoisotopic (exact) mass is 382 g/mol. The second kappa shape index (κ2) is 10.0. The van der Waals surface area contributed by atoms with Gasteiger partial charge in [0.1, 0.15) is 5.82 Å². The minimum absolute atomic E-state index is 0.00285. The number of amides is 2. The standard InChI is InChI=1S/C23H27FN2O2/c24-21-12-6-18(7-13-21)16-26-23(28)20-10-8-19(9-11-20)22(27)25-15-14-17-4-2-1-3-5-17/h1-7,12-13,19-20H,8-11,14-16H2,(H,25,27)(H,26,28). The van der Waals surface area contributed by atoms with Gasteiger partial charge in [0.2, 0.25) is 11.8 Å². The quantitative estimate of drug-likeness (QED) is 0.769. The van der Waals surface area contributed by atoms with Crippen molar-refractivity contribution in [1.29, 1.82) is 0 Å². The molecular weight excluding hydrogens is 355 g/mol. The second-order valence-corrected chi connectivity index (χ2v) is 7.42. The lowest BCUT2D eigenvalue weighted by Gasteiger charge is -2.27. The molecule has 0 aliphatic heterocycles. The first-order chi connectivity index (χ1) is 13.6. The number of rotatable bonds is 7. The normalized spacial score (nSPS) is 19.0. The lowest BCUT2D eigenvalue weighted by molar-refractivity contribution is -0.130. The molecule has 5 heteroatoms. The Morgan fingerprint density at radius 3 is 1.96 bits per heavy atom. The van der Waals surface area contributed by atoms with Crippen molar-refractivity contribution in [2.45, 2.75) is 38.6 Å². The molecule has 1 aliphatic carbocycles. The van der Waals surface area contributed by atoms with Crippen LogP contribution in [0.15, 0.2) is 54.6 Å². The molecule has 2 aromatic rings. The highest BCUT2D eigenvalue weighted by Crippen LogP contribution is 2.29. The first kappa shape index (κ1) is 20.1. The average molecular weight is 382 g/mol. The van der Waals surface area contributed by atoms with Gasteiger partial charge < -0.3 is 10.6 Å². The van der Waals surface area contributed by atoms with Crippen LogP contribution in [0.25, 0.3) is 0 Å². The Bertz CT molecular complexity index is 769. The summed E-state index contributed by atoms with van der Waals surface area (Å²) < 4.78 is 12.9. The van der Waals surface area contributed by atoms with Crippen LogP contribution in [0, 0.1) is 17.7 Å². The van der Waals surface area contributed by atoms with Crippen molar-refractivity contribution in [3.8, 4) is 0 Å². The van der Waals surface area contributed by atoms with E-state index >= 15 is 0 Å². The maximum Gasteiger partial charge on any atom is 0.223 e. The molecule has 2 amide bonds. The van der Waals surface area contributed by atoms with Gasteiger partial charge in [-0.15, -0.1) is 0 Å². The third-order valence-corrected chi connectivity index (χ3v) is 5.40. The van der Waals surface area contributed by atoms with Crippen LogP contribution in [0.5, 0.6) is 0 Å². The zero-order chi connectivity index (χ0) is 19.8. The summed E-state index contributed by atoms with van der Waals surface area (Å²) >= 11 is 0. The molecule has 28 heavy (non-hydrogen) atoms. The van der Waals surface area contributed by atoms with Crippen molar-refractivity contribution in [2.24, 2.45) is 11.8 Å². The number of carbonyl (C=O) groups is 2. The van der Waals surface area contributed by atoms with E-state index in [2.05, 4.69) is 22.8 Å². The number of hydrogen-bond acceptors (Lipinski definition) is 2. The van der Waals surface area contributed by atoms with Gasteiger partial charge in [-0.3, -0.25) is 9.59 Å². The maximum absolute atomic E-state index is 12.9. The Hall–Kier alpha value is -2.69. The molecule has 1 saturated carbocycles. The molecule has 0 aromatic heterocycles. The summed E-state index contributed by atoms with van der Waals surface area (Å²) in [5, 5.41) is 5.95. The van der Waals surface area contributed by atoms with E-state index in [0.29, 0.717) is 13.1 Å². The van der Waals surface area contributed by atoms with Gasteiger partial charge in [0.25, 0.3) is 0 Å². The molecule has 148 valence electrons. The fourth-order valence-electron chi connectivity index (χ4n) is 3.67. The van der Waals surface area contributed by atoms with Gasteiger partial charge in [-0.05, 0) is 55.4 Å². The molecule has 0 saturated heterocycles. The third kappa shape index (κ3) is 5.91. The van der Waals surface area contributed by atoms with Crippen LogP contribution in [-0.4, -0.2) is 18.4 Å². The SMILES string of the molecule is O=C(NCCc1ccccc1)C1CCC(C(=O)NCc2ccc(F)cc2)CC1. The van der Waals surface area contributed by atoms with Crippen molar-refractivity contribution in [3.63, 3.8) is 0 Å². The third-order valence-electron chi connectivity index (χ3n) is 5.40. The maximum atomic E-state index is 12.9. The first-order valence-corrected chi connectivity index (χ1v) is 9.95. The van der Waals surface area contributed by atoms with E-state index in [-0.39, 0.29) is 29.5 Å². The minimum Gasteiger partial charge on any atom is -0.356 e. The van der Waals surface area contributed by atoms with Crippen LogP contribution in [0.2, 0.25) is 0 Å². The lowest BCUT2D eigenvalue weighted by Crippen LogP contribution is -2.37. The summed E-state index contributed by atoms with van der Waals surface area (Å²) in [6, 6.07) is 16.2. The highest BCUT2D eigenvalue weighted by Gasteiger charge is 2.29. The van der Waals surface area contributed by atoms with Gasteiger partial charge in [-0.2, -0.15) is 0 Å². The second-order valence-electron chi connectivity index (χ2n) is 7.42. The van der Waals surface area contributed by atoms with E-state index < -0.39 is 0 Å². The van der Waals surface area contributed by atoms with Gasteiger partial charge in [0.05, 0.1) is 0 Å². The molecule has 0 spiro atoms. The Balaban J connectivity index is 1.35. The van der Waals surface area contributed by atoms with E-state index in [0.717, 1.165) is 37.7 Å². The van der Waals surface area contributed by atoms with Crippen molar-refractivity contribution in [2.75, 3.05) is 6.54 Å². The molecule has 0 heterocycles. The zero-order valence-electron chi connectivity index (χ0n) is 16.0. The van der Waals surface area contributed by atoms with Crippen molar-refractivity contribution >= 4 is 11.8 Å². The van der Waals surface area contributed by atoms with Gasteiger partial charge >= 0.3 is 0 Å². The largest absolute Gasteiger partial charge is 0.356 e. The summed E-state index contributed by atoms with van der Waals surface area (Å²) in [6.07, 6.45) is 3.77. The first-order valence-electron chi connectivity index (χ1n) is 9.95. The predicted octanol–water partition coefficient (Wildman–Crippen LogP) is 3.61. The van der Waals surface area contributed by atoms with Gasteiger partial charge in [0.15, 0.2) is 0 Å². The smallest absolute Gasteiger partial charge is 0.223 e. The fourth-order valence-corrected chi connectivity index (χ4v) is 3.67. The topological polar surface area (TPSA) is 58.2 Å².